The van der Waals surface area contributed by atoms with Crippen molar-refractivity contribution in [1.29, 1.82) is 0 Å². The molecule has 40 heavy (non-hydrogen) atoms. The molecule has 222 valence electrons. The topological polar surface area (TPSA) is 128 Å². The van der Waals surface area contributed by atoms with Crippen LogP contribution in [0.2, 0.25) is 5.02 Å². The Balaban J connectivity index is 1.34. The van der Waals surface area contributed by atoms with Crippen LogP contribution in [-0.2, 0) is 20.5 Å². The molecular weight excluding hydrogens is 555 g/mol. The van der Waals surface area contributed by atoms with E-state index in [0.717, 1.165) is 37.5 Å². The van der Waals surface area contributed by atoms with Gasteiger partial charge in [0.2, 0.25) is 11.8 Å². The number of likely N-dealkylation sites (tertiary alicyclic amines) is 1. The van der Waals surface area contributed by atoms with Gasteiger partial charge >= 0.3 is 12.2 Å². The van der Waals surface area contributed by atoms with Crippen LogP contribution in [0, 0.1) is 5.41 Å². The van der Waals surface area contributed by atoms with Gasteiger partial charge in [-0.2, -0.15) is 13.2 Å². The summed E-state index contributed by atoms with van der Waals surface area (Å²) in [5.74, 6) is -0.449. The van der Waals surface area contributed by atoms with E-state index in [1.807, 2.05) is 0 Å². The van der Waals surface area contributed by atoms with Crippen LogP contribution in [0.25, 0.3) is 0 Å². The van der Waals surface area contributed by atoms with Crippen LogP contribution in [0.4, 0.5) is 23.7 Å². The van der Waals surface area contributed by atoms with E-state index in [2.05, 4.69) is 5.32 Å². The number of β-amino-alcohol motifs (C(OH)–C–C–N with tert-alkyl or cyclic N) is 1. The summed E-state index contributed by atoms with van der Waals surface area (Å²) < 4.78 is 44.3. The van der Waals surface area contributed by atoms with E-state index in [4.69, 9.17) is 22.1 Å². The smallest absolute Gasteiger partial charge is 0.391 e. The van der Waals surface area contributed by atoms with Gasteiger partial charge in [0, 0.05) is 38.3 Å². The summed E-state index contributed by atoms with van der Waals surface area (Å²) in [4.78, 5) is 43.7. The lowest BCUT2D eigenvalue weighted by molar-refractivity contribution is -0.145. The third-order valence-electron chi connectivity index (χ3n) is 8.26. The predicted octanol–water partition coefficient (Wildman–Crippen LogP) is 2.88. The van der Waals surface area contributed by atoms with Gasteiger partial charge in [-0.05, 0) is 56.2 Å². The number of alkyl halides is 3. The van der Waals surface area contributed by atoms with Gasteiger partial charge in [-0.25, -0.2) is 4.79 Å². The van der Waals surface area contributed by atoms with E-state index in [1.165, 1.54) is 4.90 Å². The van der Waals surface area contributed by atoms with Gasteiger partial charge in [-0.15, -0.1) is 0 Å². The van der Waals surface area contributed by atoms with E-state index in [0.29, 0.717) is 19.5 Å². The van der Waals surface area contributed by atoms with Gasteiger partial charge in [0.1, 0.15) is 6.04 Å². The molecule has 4 amide bonds. The van der Waals surface area contributed by atoms with E-state index >= 15 is 0 Å². The van der Waals surface area contributed by atoms with Crippen LogP contribution < -0.4 is 11.1 Å². The summed E-state index contributed by atoms with van der Waals surface area (Å²) in [7, 11) is 0. The number of anilines is 1. The number of aliphatic hydroxyl groups is 1. The largest absolute Gasteiger partial charge is 0.417 e. The Labute approximate surface area is 235 Å². The molecule has 0 radical (unpaired) electrons. The zero-order chi connectivity index (χ0) is 29.2. The lowest BCUT2D eigenvalue weighted by atomic mass is 9.90. The monoisotopic (exact) mass is 589 g/mol. The molecule has 4 N–H and O–H groups in total. The number of hydrogen-bond acceptors (Lipinski definition) is 6. The first-order valence-electron chi connectivity index (χ1n) is 13.3. The highest BCUT2D eigenvalue weighted by Crippen LogP contribution is 2.53. The van der Waals surface area contributed by atoms with Crippen molar-refractivity contribution in [2.45, 2.75) is 63.4 Å². The fraction of sp³-hybridized carbons (Fsp3) is 0.654. The second-order valence-electron chi connectivity index (χ2n) is 10.7. The molecule has 14 heteroatoms. The molecule has 2 saturated heterocycles. The van der Waals surface area contributed by atoms with Gasteiger partial charge in [-0.1, -0.05) is 11.6 Å². The van der Waals surface area contributed by atoms with E-state index < -0.39 is 41.0 Å². The number of hydrogen-bond donors (Lipinski definition) is 3. The highest BCUT2D eigenvalue weighted by Gasteiger charge is 2.51. The number of urea groups is 1. The Hall–Kier alpha value is -2.61. The average molecular weight is 590 g/mol. The molecule has 1 saturated carbocycles. The zero-order valence-electron chi connectivity index (χ0n) is 22.3. The number of carbonyl (C=O) groups excluding carboxylic acids is 3. The Morgan fingerprint density at radius 2 is 1.98 bits per heavy atom. The van der Waals surface area contributed by atoms with Crippen molar-refractivity contribution in [2.24, 2.45) is 11.1 Å². The molecule has 1 aliphatic carbocycles. The molecule has 3 atom stereocenters. The second-order valence-corrected chi connectivity index (χ2v) is 11.1. The molecule has 1 aromatic carbocycles. The Morgan fingerprint density at radius 1 is 1.25 bits per heavy atom. The highest BCUT2D eigenvalue weighted by atomic mass is 35.5. The maximum atomic E-state index is 13.3. The third-order valence-corrected chi connectivity index (χ3v) is 8.57. The van der Waals surface area contributed by atoms with Crippen molar-refractivity contribution in [3.63, 3.8) is 0 Å². The number of piperidine rings is 1. The Kier molecular flexibility index (Phi) is 9.18. The van der Waals surface area contributed by atoms with Gasteiger partial charge in [-0.3, -0.25) is 9.59 Å². The molecule has 1 aromatic rings. The molecule has 3 fully saturated rings. The van der Waals surface area contributed by atoms with Crippen molar-refractivity contribution in [2.75, 3.05) is 44.8 Å². The number of nitrogens with one attached hydrogen (secondary N) is 1. The first kappa shape index (κ1) is 30.4. The second kappa shape index (κ2) is 12.1. The number of benzene rings is 1. The lowest BCUT2D eigenvalue weighted by Gasteiger charge is -2.42. The summed E-state index contributed by atoms with van der Waals surface area (Å²) in [6.45, 7) is 2.85. The highest BCUT2D eigenvalue weighted by molar-refractivity contribution is 6.31. The summed E-state index contributed by atoms with van der Waals surface area (Å²) in [5.41, 5.74) is 4.54. The van der Waals surface area contributed by atoms with Crippen molar-refractivity contribution in [1.82, 2.24) is 14.7 Å². The van der Waals surface area contributed by atoms with Crippen molar-refractivity contribution in [3.8, 4) is 0 Å². The maximum Gasteiger partial charge on any atom is 0.417 e. The van der Waals surface area contributed by atoms with Gasteiger partial charge in [0.15, 0.2) is 0 Å². The molecule has 1 spiro atoms. The van der Waals surface area contributed by atoms with Crippen LogP contribution in [0.3, 0.4) is 0 Å². The quantitative estimate of drug-likeness (QED) is 0.400. The van der Waals surface area contributed by atoms with Crippen LogP contribution in [-0.4, -0.2) is 95.4 Å². The number of piperazine rings is 1. The SMILES string of the molecule is CC1C(=O)N(C(CCC(=O)N2CCC3(CC3)C(O)C2)COCN)CCN1C(=O)Nc1ccc(C(F)(F)F)c(Cl)c1. The molecule has 0 aromatic heterocycles. The normalized spacial score (nSPS) is 23.4. The zero-order valence-corrected chi connectivity index (χ0v) is 23.0. The van der Waals surface area contributed by atoms with E-state index in [-0.39, 0.29) is 55.8 Å². The predicted molar refractivity (Wildman–Crippen MR) is 140 cm³/mol. The Bertz CT molecular complexity index is 1120. The molecule has 2 aliphatic heterocycles. The average Bonchev–Trinajstić information content (AvgIpc) is 3.67. The minimum atomic E-state index is -4.62. The number of carbonyl (C=O) groups is 3. The lowest BCUT2D eigenvalue weighted by Crippen LogP contribution is -2.61. The first-order chi connectivity index (χ1) is 18.9. The number of aliphatic hydroxyl groups excluding tert-OH is 1. The van der Waals surface area contributed by atoms with Crippen molar-refractivity contribution >= 4 is 35.1 Å². The summed E-state index contributed by atoms with van der Waals surface area (Å²) in [5, 5.41) is 12.4. The fourth-order valence-electron chi connectivity index (χ4n) is 5.52. The Morgan fingerprint density at radius 3 is 2.58 bits per heavy atom. The summed E-state index contributed by atoms with van der Waals surface area (Å²) >= 11 is 5.75. The van der Waals surface area contributed by atoms with Crippen LogP contribution in [0.5, 0.6) is 0 Å². The van der Waals surface area contributed by atoms with Crippen LogP contribution in [0.15, 0.2) is 18.2 Å². The van der Waals surface area contributed by atoms with Crippen molar-refractivity contribution < 1.29 is 37.4 Å². The van der Waals surface area contributed by atoms with Gasteiger partial charge in [0.05, 0.1) is 36.1 Å². The van der Waals surface area contributed by atoms with Crippen LogP contribution in [0.1, 0.15) is 44.6 Å². The number of nitrogens with two attached hydrogens (primary N) is 1. The number of ether oxygens (including phenoxy) is 1. The molecule has 3 unspecified atom stereocenters. The third kappa shape index (κ3) is 6.64. The maximum absolute atomic E-state index is 13.3. The minimum absolute atomic E-state index is 0.0123. The minimum Gasteiger partial charge on any atom is -0.391 e. The summed E-state index contributed by atoms with van der Waals surface area (Å²) in [6, 6.07) is 0.903. The number of nitrogens with zero attached hydrogens (tertiary/aromatic N) is 3. The molecule has 3 aliphatic rings. The number of halogens is 4. The van der Waals surface area contributed by atoms with Gasteiger partial charge in [0.25, 0.3) is 0 Å². The molecule has 0 bridgehead atoms. The fourth-order valence-corrected chi connectivity index (χ4v) is 5.81. The van der Waals surface area contributed by atoms with Crippen molar-refractivity contribution in [3.05, 3.63) is 28.8 Å². The molecule has 2 heterocycles. The molecule has 4 rings (SSSR count). The van der Waals surface area contributed by atoms with E-state index in [9.17, 15) is 32.7 Å². The summed E-state index contributed by atoms with van der Waals surface area (Å²) in [6.07, 6.45) is -1.87. The number of amides is 4. The number of rotatable bonds is 8. The van der Waals surface area contributed by atoms with Crippen LogP contribution >= 0.6 is 11.6 Å². The molecular formula is C26H35ClF3N5O5. The van der Waals surface area contributed by atoms with E-state index in [1.54, 1.807) is 16.7 Å². The molecule has 10 nitrogen and oxygen atoms in total. The standard InChI is InChI=1S/C26H35ClF3N5O5/c1-16-23(38)35(11-10-34(16)24(39)32-17-2-4-19(20(27)12-17)26(28,29)30)18(14-40-15-31)3-5-22(37)33-9-8-25(6-7-25)21(36)13-33/h2,4,12,16,18,21,36H,3,5-11,13-15,31H2,1H3,(H,32,39). The first-order valence-corrected chi connectivity index (χ1v) is 13.7. The van der Waals surface area contributed by atoms with Gasteiger partial charge < -0.3 is 35.6 Å².